The van der Waals surface area contributed by atoms with E-state index in [0.29, 0.717) is 23.4 Å². The number of fused-ring (bicyclic) bond motifs is 1. The van der Waals surface area contributed by atoms with Crippen molar-refractivity contribution in [2.24, 2.45) is 0 Å². The monoisotopic (exact) mass is 212 g/mol. The summed E-state index contributed by atoms with van der Waals surface area (Å²) in [4.78, 5) is 28.2. The molecule has 0 saturated heterocycles. The molecule has 5 nitrogen and oxygen atoms in total. The third-order valence-electron chi connectivity index (χ3n) is 2.04. The van der Waals surface area contributed by atoms with Crippen molar-refractivity contribution >= 4 is 17.7 Å². The summed E-state index contributed by atoms with van der Waals surface area (Å²) in [6, 6.07) is 0. The molecule has 0 radical (unpaired) electrons. The molecule has 74 valence electrons. The maximum absolute atomic E-state index is 11.4. The summed E-state index contributed by atoms with van der Waals surface area (Å²) in [5, 5.41) is 8.67. The van der Waals surface area contributed by atoms with Crippen molar-refractivity contribution in [1.29, 1.82) is 0 Å². The van der Waals surface area contributed by atoms with E-state index in [4.69, 9.17) is 5.11 Å². The van der Waals surface area contributed by atoms with Crippen LogP contribution in [0.4, 0.5) is 0 Å². The van der Waals surface area contributed by atoms with E-state index in [1.165, 1.54) is 0 Å². The van der Waals surface area contributed by atoms with E-state index >= 15 is 0 Å². The number of aromatic amines is 1. The van der Waals surface area contributed by atoms with Crippen LogP contribution in [0.5, 0.6) is 0 Å². The zero-order chi connectivity index (χ0) is 10.1. The second kappa shape index (κ2) is 3.45. The fraction of sp³-hybridized carbons (Fsp3) is 0.375. The smallest absolute Gasteiger partial charge is 0.372 e. The van der Waals surface area contributed by atoms with Crippen molar-refractivity contribution in [2.45, 2.75) is 12.2 Å². The fourth-order valence-corrected chi connectivity index (χ4v) is 2.29. The number of hydrogen-bond acceptors (Lipinski definition) is 4. The molecule has 0 saturated carbocycles. The van der Waals surface area contributed by atoms with Gasteiger partial charge in [0, 0.05) is 11.3 Å². The number of carbonyl (C=O) groups is 1. The first-order valence-electron chi connectivity index (χ1n) is 4.11. The molecule has 1 aromatic rings. The largest absolute Gasteiger partial charge is 0.475 e. The van der Waals surface area contributed by atoms with Crippen LogP contribution in [0, 0.1) is 0 Å². The summed E-state index contributed by atoms with van der Waals surface area (Å²) in [6.07, 6.45) is 0.669. The molecule has 2 heterocycles. The Balaban J connectivity index is 2.57. The number of carboxylic acid groups (broad SMARTS) is 1. The highest BCUT2D eigenvalue weighted by molar-refractivity contribution is 7.98. The number of nitrogens with one attached hydrogen (secondary N) is 1. The van der Waals surface area contributed by atoms with E-state index in [1.54, 1.807) is 11.8 Å². The van der Waals surface area contributed by atoms with Crippen molar-refractivity contribution in [3.63, 3.8) is 0 Å². The van der Waals surface area contributed by atoms with Crippen LogP contribution in [0.3, 0.4) is 0 Å². The molecular formula is C8H8N2O3S. The molecule has 6 heteroatoms. The molecule has 0 bridgehead atoms. The Bertz CT molecular complexity index is 441. The lowest BCUT2D eigenvalue weighted by molar-refractivity contribution is 0.0682. The van der Waals surface area contributed by atoms with Crippen molar-refractivity contribution in [2.75, 3.05) is 5.75 Å². The van der Waals surface area contributed by atoms with Crippen LogP contribution in [0.15, 0.2) is 4.79 Å². The average Bonchev–Trinajstić information content (AvgIpc) is 2.17. The molecular weight excluding hydrogens is 204 g/mol. The van der Waals surface area contributed by atoms with Gasteiger partial charge in [-0.1, -0.05) is 0 Å². The fourth-order valence-electron chi connectivity index (χ4n) is 1.37. The summed E-state index contributed by atoms with van der Waals surface area (Å²) in [7, 11) is 0. The molecule has 14 heavy (non-hydrogen) atoms. The summed E-state index contributed by atoms with van der Waals surface area (Å²) in [5.41, 5.74) is 0.934. The number of nitrogens with zero attached hydrogens (tertiary/aromatic N) is 1. The number of rotatable bonds is 1. The van der Waals surface area contributed by atoms with E-state index in [9.17, 15) is 9.59 Å². The van der Waals surface area contributed by atoms with E-state index in [-0.39, 0.29) is 11.4 Å². The van der Waals surface area contributed by atoms with Crippen LogP contribution in [-0.4, -0.2) is 26.8 Å². The van der Waals surface area contributed by atoms with Crippen LogP contribution < -0.4 is 5.56 Å². The number of aromatic nitrogens is 2. The number of carboxylic acids is 1. The van der Waals surface area contributed by atoms with E-state index in [0.717, 1.165) is 5.75 Å². The predicted molar refractivity (Wildman–Crippen MR) is 51.7 cm³/mol. The van der Waals surface area contributed by atoms with Gasteiger partial charge in [0.15, 0.2) is 0 Å². The van der Waals surface area contributed by atoms with Gasteiger partial charge in [-0.3, -0.25) is 4.79 Å². The molecule has 0 atom stereocenters. The Hall–Kier alpha value is -1.30. The zero-order valence-corrected chi connectivity index (χ0v) is 8.06. The Kier molecular flexibility index (Phi) is 2.28. The van der Waals surface area contributed by atoms with Gasteiger partial charge in [-0.25, -0.2) is 9.78 Å². The third-order valence-corrected chi connectivity index (χ3v) is 3.01. The SMILES string of the molecule is O=C(O)c1nc2c(c(=O)[nH]1)CCSC2. The number of H-pyrrole nitrogens is 1. The van der Waals surface area contributed by atoms with Gasteiger partial charge in [-0.05, 0) is 12.2 Å². The number of thioether (sulfide) groups is 1. The van der Waals surface area contributed by atoms with E-state index in [2.05, 4.69) is 9.97 Å². The predicted octanol–water partition coefficient (Wildman–Crippen LogP) is 0.257. The Labute approximate surface area is 83.6 Å². The maximum atomic E-state index is 11.4. The van der Waals surface area contributed by atoms with Crippen LogP contribution in [0.25, 0.3) is 0 Å². The topological polar surface area (TPSA) is 83.0 Å². The Morgan fingerprint density at radius 2 is 2.36 bits per heavy atom. The van der Waals surface area contributed by atoms with Gasteiger partial charge in [0.25, 0.3) is 5.56 Å². The molecule has 2 N–H and O–H groups in total. The first-order chi connectivity index (χ1) is 6.68. The zero-order valence-electron chi connectivity index (χ0n) is 7.24. The van der Waals surface area contributed by atoms with Gasteiger partial charge in [0.2, 0.25) is 5.82 Å². The summed E-state index contributed by atoms with van der Waals surface area (Å²) < 4.78 is 0. The standard InChI is InChI=1S/C8H8N2O3S/c11-7-4-1-2-14-3-5(4)9-6(10-7)8(12)13/h1-3H2,(H,12,13)(H,9,10,11). The second-order valence-electron chi connectivity index (χ2n) is 2.95. The highest BCUT2D eigenvalue weighted by atomic mass is 32.2. The lowest BCUT2D eigenvalue weighted by Crippen LogP contribution is -2.24. The summed E-state index contributed by atoms with van der Waals surface area (Å²) >= 11 is 1.66. The molecule has 0 aliphatic carbocycles. The molecule has 0 spiro atoms. The summed E-state index contributed by atoms with van der Waals surface area (Å²) in [5.74, 6) is 0.0562. The minimum Gasteiger partial charge on any atom is -0.475 e. The second-order valence-corrected chi connectivity index (χ2v) is 4.05. The van der Waals surface area contributed by atoms with Crippen molar-refractivity contribution in [3.05, 3.63) is 27.4 Å². The molecule has 0 amide bonds. The molecule has 0 fully saturated rings. The molecule has 0 unspecified atom stereocenters. The maximum Gasteiger partial charge on any atom is 0.372 e. The highest BCUT2D eigenvalue weighted by Gasteiger charge is 2.17. The van der Waals surface area contributed by atoms with Gasteiger partial charge in [0.1, 0.15) is 0 Å². The van der Waals surface area contributed by atoms with Crippen molar-refractivity contribution in [1.82, 2.24) is 9.97 Å². The van der Waals surface area contributed by atoms with E-state index in [1.807, 2.05) is 0 Å². The minimum absolute atomic E-state index is 0.267. The molecule has 2 rings (SSSR count). The van der Waals surface area contributed by atoms with Crippen LogP contribution >= 0.6 is 11.8 Å². The third kappa shape index (κ3) is 1.52. The molecule has 1 aliphatic heterocycles. The van der Waals surface area contributed by atoms with Gasteiger partial charge >= 0.3 is 5.97 Å². The summed E-state index contributed by atoms with van der Waals surface area (Å²) in [6.45, 7) is 0. The normalized spacial score (nSPS) is 14.9. The quantitative estimate of drug-likeness (QED) is 0.697. The van der Waals surface area contributed by atoms with Crippen LogP contribution in [0.1, 0.15) is 21.9 Å². The lowest BCUT2D eigenvalue weighted by atomic mass is 10.2. The first-order valence-corrected chi connectivity index (χ1v) is 5.27. The van der Waals surface area contributed by atoms with E-state index < -0.39 is 5.97 Å². The first kappa shape index (κ1) is 9.26. The Morgan fingerprint density at radius 3 is 3.07 bits per heavy atom. The minimum atomic E-state index is -1.19. The highest BCUT2D eigenvalue weighted by Crippen LogP contribution is 2.19. The van der Waals surface area contributed by atoms with Crippen LogP contribution in [0.2, 0.25) is 0 Å². The number of hydrogen-bond donors (Lipinski definition) is 2. The average molecular weight is 212 g/mol. The number of aromatic carboxylic acids is 1. The molecule has 1 aliphatic rings. The lowest BCUT2D eigenvalue weighted by Gasteiger charge is -2.12. The van der Waals surface area contributed by atoms with Gasteiger partial charge in [-0.15, -0.1) is 0 Å². The van der Waals surface area contributed by atoms with Gasteiger partial charge in [-0.2, -0.15) is 11.8 Å². The van der Waals surface area contributed by atoms with Crippen molar-refractivity contribution in [3.8, 4) is 0 Å². The van der Waals surface area contributed by atoms with Gasteiger partial charge in [0.05, 0.1) is 5.69 Å². The Morgan fingerprint density at radius 1 is 1.57 bits per heavy atom. The molecule has 0 aromatic carbocycles. The molecule has 1 aromatic heterocycles. The van der Waals surface area contributed by atoms with Crippen molar-refractivity contribution < 1.29 is 9.90 Å². The van der Waals surface area contributed by atoms with Gasteiger partial charge < -0.3 is 10.1 Å². The van der Waals surface area contributed by atoms with Crippen LogP contribution in [-0.2, 0) is 12.2 Å².